The summed E-state index contributed by atoms with van der Waals surface area (Å²) in [5.74, 6) is 1.65. The summed E-state index contributed by atoms with van der Waals surface area (Å²) in [6.07, 6.45) is -0.425. The Bertz CT molecular complexity index is 1940. The average Bonchev–Trinajstić information content (AvgIpc) is 3.62. The fraction of sp³-hybridized carbons (Fsp3) is 0.324. The Hall–Kier alpha value is -6.51. The Morgan fingerprint density at radius 1 is 0.722 bits per heavy atom. The van der Waals surface area contributed by atoms with Gasteiger partial charge >= 0.3 is 6.16 Å². The predicted octanol–water partition coefficient (Wildman–Crippen LogP) is 4.28. The zero-order valence-electron chi connectivity index (χ0n) is 29.0. The number of hydrogen-bond acceptors (Lipinski definition) is 17. The number of benzene rings is 3. The van der Waals surface area contributed by atoms with Crippen LogP contribution >= 0.6 is 0 Å². The fourth-order valence-corrected chi connectivity index (χ4v) is 4.73. The molecule has 0 radical (unpaired) electrons. The molecule has 0 saturated heterocycles. The topological polar surface area (TPSA) is 241 Å². The molecule has 3 aromatic carbocycles. The second kappa shape index (κ2) is 19.9. The molecule has 0 aliphatic carbocycles. The maximum atomic E-state index is 12.7. The highest BCUT2D eigenvalue weighted by Gasteiger charge is 2.23. The molecule has 0 bridgehead atoms. The van der Waals surface area contributed by atoms with Crippen molar-refractivity contribution in [3.63, 3.8) is 0 Å². The van der Waals surface area contributed by atoms with Gasteiger partial charge in [0.25, 0.3) is 11.4 Å². The molecule has 20 heteroatoms. The number of carbonyl (C=O) groups is 1. The highest BCUT2D eigenvalue weighted by atomic mass is 16.7. The van der Waals surface area contributed by atoms with Gasteiger partial charge in [-0.1, -0.05) is 5.21 Å². The van der Waals surface area contributed by atoms with Crippen molar-refractivity contribution in [1.82, 2.24) is 35.4 Å². The lowest BCUT2D eigenvalue weighted by Crippen LogP contribution is -2.19. The number of carbonyl (C=O) groups excluding carboxylic acids is 1. The lowest BCUT2D eigenvalue weighted by molar-refractivity contribution is -0.385. The highest BCUT2D eigenvalue weighted by Crippen LogP contribution is 2.26. The van der Waals surface area contributed by atoms with Crippen molar-refractivity contribution in [3.8, 4) is 22.9 Å². The van der Waals surface area contributed by atoms with Gasteiger partial charge in [0.15, 0.2) is 5.82 Å². The van der Waals surface area contributed by atoms with E-state index in [1.165, 1.54) is 54.7 Å². The lowest BCUT2D eigenvalue weighted by atomic mass is 10.0. The Labute approximate surface area is 307 Å². The summed E-state index contributed by atoms with van der Waals surface area (Å²) >= 11 is 0. The van der Waals surface area contributed by atoms with E-state index in [1.807, 2.05) is 24.3 Å². The van der Waals surface area contributed by atoms with Crippen molar-refractivity contribution in [1.29, 1.82) is 0 Å². The molecule has 0 saturated carbocycles. The third kappa shape index (κ3) is 12.0. The van der Waals surface area contributed by atoms with Gasteiger partial charge in [0.05, 0.1) is 67.9 Å². The zero-order valence-corrected chi connectivity index (χ0v) is 29.0. The minimum absolute atomic E-state index is 0.0313. The summed E-state index contributed by atoms with van der Waals surface area (Å²) in [5, 5.41) is 46.0. The summed E-state index contributed by atoms with van der Waals surface area (Å²) in [6.45, 7) is 4.51. The van der Waals surface area contributed by atoms with Gasteiger partial charge in [0, 0.05) is 36.2 Å². The van der Waals surface area contributed by atoms with E-state index in [9.17, 15) is 25.0 Å². The van der Waals surface area contributed by atoms with Crippen LogP contribution in [0.5, 0.6) is 11.5 Å². The van der Waals surface area contributed by atoms with Gasteiger partial charge in [0.2, 0.25) is 5.82 Å². The first kappa shape index (κ1) is 38.7. The molecule has 1 atom stereocenters. The first-order valence-corrected chi connectivity index (χ1v) is 16.5. The number of nitro benzene ring substituents is 2. The second-order valence-corrected chi connectivity index (χ2v) is 11.2. The van der Waals surface area contributed by atoms with Crippen LogP contribution in [-0.4, -0.2) is 97.6 Å². The van der Waals surface area contributed by atoms with Crippen LogP contribution in [0, 0.1) is 27.2 Å². The summed E-state index contributed by atoms with van der Waals surface area (Å²) in [7, 11) is 0. The van der Waals surface area contributed by atoms with Gasteiger partial charge in [-0.25, -0.2) is 9.48 Å². The van der Waals surface area contributed by atoms with Crippen molar-refractivity contribution in [3.05, 3.63) is 116 Å². The van der Waals surface area contributed by atoms with E-state index < -0.39 is 22.1 Å². The molecule has 0 amide bonds. The summed E-state index contributed by atoms with van der Waals surface area (Å²) in [6, 6.07) is 17.7. The number of ether oxygens (including phenoxy) is 6. The second-order valence-electron chi connectivity index (χ2n) is 11.2. The average molecular weight is 746 g/mol. The van der Waals surface area contributed by atoms with Gasteiger partial charge in [-0.15, -0.1) is 25.5 Å². The number of hydrogen-bond donors (Lipinski definition) is 0. The first-order valence-electron chi connectivity index (χ1n) is 16.5. The first-order chi connectivity index (χ1) is 26.2. The number of aromatic nitrogens is 7. The molecule has 0 fully saturated rings. The van der Waals surface area contributed by atoms with Crippen LogP contribution in [0.2, 0.25) is 0 Å². The monoisotopic (exact) mass is 745 g/mol. The van der Waals surface area contributed by atoms with E-state index in [-0.39, 0.29) is 30.2 Å². The van der Waals surface area contributed by atoms with Crippen LogP contribution in [0.3, 0.4) is 0 Å². The SMILES string of the molecule is Cc1nnc(-c2ccc(OCCOCCOCCOCCn3nncc3CC(OC(=O)Oc3ccc([N+](=O)[O-])cc3)c3ccc([N+](=O)[O-])cc3)cc2)nn1. The third-order valence-corrected chi connectivity index (χ3v) is 7.43. The molecule has 0 aliphatic heterocycles. The van der Waals surface area contributed by atoms with Crippen LogP contribution in [0.1, 0.15) is 23.2 Å². The van der Waals surface area contributed by atoms with Gasteiger partial charge in [-0.05, 0) is 61.0 Å². The largest absolute Gasteiger partial charge is 0.514 e. The molecule has 1 unspecified atom stereocenters. The maximum absolute atomic E-state index is 12.7. The maximum Gasteiger partial charge on any atom is 0.514 e. The quantitative estimate of drug-likeness (QED) is 0.0334. The lowest BCUT2D eigenvalue weighted by Gasteiger charge is -2.18. The Morgan fingerprint density at radius 3 is 1.89 bits per heavy atom. The highest BCUT2D eigenvalue weighted by molar-refractivity contribution is 5.64. The summed E-state index contributed by atoms with van der Waals surface area (Å²) in [5.41, 5.74) is 1.51. The van der Waals surface area contributed by atoms with Crippen LogP contribution in [0.4, 0.5) is 16.2 Å². The van der Waals surface area contributed by atoms with E-state index in [1.54, 1.807) is 11.6 Å². The normalized spacial score (nSPS) is 11.5. The number of nitro groups is 2. The van der Waals surface area contributed by atoms with Crippen molar-refractivity contribution < 1.29 is 43.1 Å². The van der Waals surface area contributed by atoms with E-state index >= 15 is 0 Å². The van der Waals surface area contributed by atoms with Crippen LogP contribution in [0.25, 0.3) is 11.4 Å². The van der Waals surface area contributed by atoms with E-state index in [2.05, 4.69) is 30.7 Å². The smallest absolute Gasteiger partial charge is 0.491 e. The standard InChI is InChI=1S/C34H35N9O11/c1-24-36-38-33(39-37-24)26-4-10-30(11-5-26)52-21-20-51-19-18-50-17-16-49-15-14-41-29(23-35-40-41)22-32(25-2-6-27(7-3-25)42(45)46)54-34(44)53-31-12-8-28(9-13-31)43(47)48/h2-13,23,32H,14-22H2,1H3. The van der Waals surface area contributed by atoms with Crippen molar-refractivity contribution in [2.45, 2.75) is 26.0 Å². The minimum Gasteiger partial charge on any atom is -0.491 e. The third-order valence-electron chi connectivity index (χ3n) is 7.43. The molecular weight excluding hydrogens is 710 g/mol. The van der Waals surface area contributed by atoms with E-state index in [0.29, 0.717) is 74.8 Å². The Kier molecular flexibility index (Phi) is 14.3. The molecule has 20 nitrogen and oxygen atoms in total. The molecular formula is C34H35N9O11. The Morgan fingerprint density at radius 2 is 1.28 bits per heavy atom. The molecule has 282 valence electrons. The molecule has 54 heavy (non-hydrogen) atoms. The van der Waals surface area contributed by atoms with Gasteiger partial charge in [-0.2, -0.15) is 0 Å². The molecule has 0 spiro atoms. The fourth-order valence-electron chi connectivity index (χ4n) is 4.73. The molecule has 5 aromatic rings. The predicted molar refractivity (Wildman–Crippen MR) is 186 cm³/mol. The van der Waals surface area contributed by atoms with Crippen LogP contribution in [0.15, 0.2) is 79.0 Å². The minimum atomic E-state index is -1.08. The van der Waals surface area contributed by atoms with E-state index in [4.69, 9.17) is 28.4 Å². The molecule has 0 aliphatic rings. The van der Waals surface area contributed by atoms with Gasteiger partial charge in [0.1, 0.15) is 24.2 Å². The van der Waals surface area contributed by atoms with Gasteiger partial charge < -0.3 is 28.4 Å². The van der Waals surface area contributed by atoms with Crippen LogP contribution < -0.4 is 9.47 Å². The molecule has 5 rings (SSSR count). The van der Waals surface area contributed by atoms with Gasteiger partial charge in [-0.3, -0.25) is 20.2 Å². The van der Waals surface area contributed by atoms with E-state index in [0.717, 1.165) is 5.56 Å². The van der Waals surface area contributed by atoms with Crippen molar-refractivity contribution >= 4 is 17.5 Å². The summed E-state index contributed by atoms with van der Waals surface area (Å²) in [4.78, 5) is 33.7. The number of nitrogens with zero attached hydrogens (tertiary/aromatic N) is 9. The number of non-ortho nitro benzene ring substituents is 2. The molecule has 0 N–H and O–H groups in total. The van der Waals surface area contributed by atoms with Crippen molar-refractivity contribution in [2.75, 3.05) is 46.2 Å². The number of aryl methyl sites for hydroxylation is 1. The number of rotatable bonds is 21. The molecule has 2 aromatic heterocycles. The van der Waals surface area contributed by atoms with Crippen LogP contribution in [-0.2, 0) is 31.9 Å². The summed E-state index contributed by atoms with van der Waals surface area (Å²) < 4.78 is 34.9. The molecule has 2 heterocycles. The zero-order chi connectivity index (χ0) is 38.1. The van der Waals surface area contributed by atoms with Crippen molar-refractivity contribution in [2.24, 2.45) is 0 Å². The Balaban J connectivity index is 0.986.